The van der Waals surface area contributed by atoms with Crippen molar-refractivity contribution < 1.29 is 19.4 Å². The summed E-state index contributed by atoms with van der Waals surface area (Å²) in [5.41, 5.74) is 6.31. The Morgan fingerprint density at radius 1 is 1.33 bits per heavy atom. The van der Waals surface area contributed by atoms with Gasteiger partial charge in [0, 0.05) is 0 Å². The molecule has 5 nitrogen and oxygen atoms in total. The molecule has 0 spiro atoms. The molecular weight excluding hydrogens is 234 g/mol. The second kappa shape index (κ2) is 6.86. The Morgan fingerprint density at radius 3 is 2.50 bits per heavy atom. The quantitative estimate of drug-likeness (QED) is 0.765. The Balaban J connectivity index is 2.86. The van der Waals surface area contributed by atoms with Crippen LogP contribution in [0.3, 0.4) is 0 Å². The number of rotatable bonds is 7. The van der Waals surface area contributed by atoms with Crippen molar-refractivity contribution in [3.05, 3.63) is 23.8 Å². The molecule has 0 aliphatic carbocycles. The van der Waals surface area contributed by atoms with Gasteiger partial charge in [-0.2, -0.15) is 0 Å². The third-order valence-corrected chi connectivity index (χ3v) is 2.79. The molecule has 0 fully saturated rings. The third-order valence-electron chi connectivity index (χ3n) is 2.79. The molecule has 1 aromatic rings. The number of carboxylic acids is 1. The van der Waals surface area contributed by atoms with Gasteiger partial charge in [0.2, 0.25) is 0 Å². The lowest BCUT2D eigenvalue weighted by molar-refractivity contribution is -0.141. The zero-order valence-corrected chi connectivity index (χ0v) is 10.7. The van der Waals surface area contributed by atoms with E-state index in [0.29, 0.717) is 30.9 Å². The molecule has 1 atom stereocenters. The van der Waals surface area contributed by atoms with Crippen LogP contribution < -0.4 is 15.2 Å². The molecular formula is C13H19NO4. The topological polar surface area (TPSA) is 81.8 Å². The van der Waals surface area contributed by atoms with Crippen LogP contribution in [0.5, 0.6) is 11.5 Å². The van der Waals surface area contributed by atoms with Crippen molar-refractivity contribution in [1.29, 1.82) is 0 Å². The molecule has 1 rings (SSSR count). The van der Waals surface area contributed by atoms with E-state index in [1.165, 1.54) is 0 Å². The molecule has 0 aliphatic rings. The molecule has 0 saturated carbocycles. The fraction of sp³-hybridized carbons (Fsp3) is 0.462. The summed E-state index contributed by atoms with van der Waals surface area (Å²) in [5.74, 6) is -0.0535. The van der Waals surface area contributed by atoms with Crippen molar-refractivity contribution in [3.8, 4) is 11.5 Å². The second-order valence-corrected chi connectivity index (χ2v) is 4.01. The zero-order valence-electron chi connectivity index (χ0n) is 10.7. The van der Waals surface area contributed by atoms with Crippen LogP contribution >= 0.6 is 0 Å². The largest absolute Gasteiger partial charge is 0.493 e. The second-order valence-electron chi connectivity index (χ2n) is 4.01. The molecule has 0 aromatic heterocycles. The minimum Gasteiger partial charge on any atom is -0.493 e. The molecule has 18 heavy (non-hydrogen) atoms. The van der Waals surface area contributed by atoms with E-state index in [0.717, 1.165) is 5.56 Å². The number of hydrogen-bond donors (Lipinski definition) is 2. The molecule has 0 saturated heterocycles. The lowest BCUT2D eigenvalue weighted by Crippen LogP contribution is -2.20. The summed E-state index contributed by atoms with van der Waals surface area (Å²) >= 11 is 0. The van der Waals surface area contributed by atoms with E-state index < -0.39 is 11.9 Å². The van der Waals surface area contributed by atoms with Crippen molar-refractivity contribution >= 4 is 5.97 Å². The van der Waals surface area contributed by atoms with Crippen LogP contribution in [0, 0.1) is 5.92 Å². The maximum absolute atomic E-state index is 11.1. The van der Waals surface area contributed by atoms with Gasteiger partial charge in [-0.05, 0) is 37.1 Å². The zero-order chi connectivity index (χ0) is 13.5. The summed E-state index contributed by atoms with van der Waals surface area (Å²) < 4.78 is 10.3. The number of ether oxygens (including phenoxy) is 2. The highest BCUT2D eigenvalue weighted by atomic mass is 16.5. The molecule has 0 unspecified atom stereocenters. The predicted octanol–water partition coefficient (Wildman–Crippen LogP) is 1.30. The van der Waals surface area contributed by atoms with Gasteiger partial charge in [-0.1, -0.05) is 6.07 Å². The fourth-order valence-electron chi connectivity index (χ4n) is 1.81. The van der Waals surface area contributed by atoms with Gasteiger partial charge in [-0.15, -0.1) is 0 Å². The van der Waals surface area contributed by atoms with E-state index in [1.807, 2.05) is 6.07 Å². The number of methoxy groups -OCH3 is 2. The van der Waals surface area contributed by atoms with Crippen molar-refractivity contribution in [1.82, 2.24) is 0 Å². The average Bonchev–Trinajstić information content (AvgIpc) is 2.37. The molecule has 100 valence electrons. The first-order valence-corrected chi connectivity index (χ1v) is 5.76. The maximum Gasteiger partial charge on any atom is 0.306 e. The van der Waals surface area contributed by atoms with Crippen LogP contribution in [-0.4, -0.2) is 31.8 Å². The third kappa shape index (κ3) is 3.63. The van der Waals surface area contributed by atoms with Crippen molar-refractivity contribution in [2.24, 2.45) is 11.7 Å². The summed E-state index contributed by atoms with van der Waals surface area (Å²) in [6.07, 6.45) is 0.899. The van der Waals surface area contributed by atoms with Crippen LogP contribution in [0.4, 0.5) is 0 Å². The summed E-state index contributed by atoms with van der Waals surface area (Å²) in [7, 11) is 3.11. The smallest absolute Gasteiger partial charge is 0.306 e. The van der Waals surface area contributed by atoms with Crippen LogP contribution in [0.1, 0.15) is 12.0 Å². The monoisotopic (exact) mass is 253 g/mol. The predicted molar refractivity (Wildman–Crippen MR) is 68.0 cm³/mol. The van der Waals surface area contributed by atoms with E-state index in [9.17, 15) is 4.79 Å². The first kappa shape index (κ1) is 14.3. The van der Waals surface area contributed by atoms with Gasteiger partial charge in [0.15, 0.2) is 11.5 Å². The molecule has 5 heteroatoms. The number of nitrogens with two attached hydrogens (primary N) is 1. The standard InChI is InChI=1S/C13H19NO4/c1-17-11-4-3-9(8-12(11)18-2)7-10(5-6-14)13(15)16/h3-4,8,10H,5-7,14H2,1-2H3,(H,15,16)/t10-/m0/s1. The SMILES string of the molecule is COc1ccc(C[C@H](CCN)C(=O)O)cc1OC. The van der Waals surface area contributed by atoms with Gasteiger partial charge in [-0.25, -0.2) is 0 Å². The van der Waals surface area contributed by atoms with Gasteiger partial charge < -0.3 is 20.3 Å². The number of benzene rings is 1. The summed E-state index contributed by atoms with van der Waals surface area (Å²) in [5, 5.41) is 9.08. The first-order valence-electron chi connectivity index (χ1n) is 5.76. The first-order chi connectivity index (χ1) is 8.62. The Hall–Kier alpha value is -1.75. The van der Waals surface area contributed by atoms with E-state index >= 15 is 0 Å². The van der Waals surface area contributed by atoms with Crippen molar-refractivity contribution in [2.75, 3.05) is 20.8 Å². The molecule has 0 aliphatic heterocycles. The summed E-state index contributed by atoms with van der Waals surface area (Å²) in [6.45, 7) is 0.365. The number of hydrogen-bond acceptors (Lipinski definition) is 4. The number of aliphatic carboxylic acids is 1. The van der Waals surface area contributed by atoms with E-state index in [2.05, 4.69) is 0 Å². The molecule has 0 amide bonds. The average molecular weight is 253 g/mol. The maximum atomic E-state index is 11.1. The Kier molecular flexibility index (Phi) is 5.45. The Labute approximate surface area is 107 Å². The van der Waals surface area contributed by atoms with Crippen LogP contribution in [0.25, 0.3) is 0 Å². The van der Waals surface area contributed by atoms with Crippen molar-refractivity contribution in [3.63, 3.8) is 0 Å². The molecule has 0 radical (unpaired) electrons. The van der Waals surface area contributed by atoms with Crippen molar-refractivity contribution in [2.45, 2.75) is 12.8 Å². The highest BCUT2D eigenvalue weighted by molar-refractivity contribution is 5.70. The highest BCUT2D eigenvalue weighted by Gasteiger charge is 2.17. The number of carboxylic acid groups (broad SMARTS) is 1. The van der Waals surface area contributed by atoms with Crippen LogP contribution in [0.2, 0.25) is 0 Å². The Bertz CT molecular complexity index is 406. The minimum absolute atomic E-state index is 0.365. The van der Waals surface area contributed by atoms with Crippen LogP contribution in [-0.2, 0) is 11.2 Å². The van der Waals surface area contributed by atoms with Crippen LogP contribution in [0.15, 0.2) is 18.2 Å². The van der Waals surface area contributed by atoms with E-state index in [-0.39, 0.29) is 0 Å². The summed E-state index contributed by atoms with van der Waals surface area (Å²) in [4.78, 5) is 11.1. The molecule has 3 N–H and O–H groups in total. The van der Waals surface area contributed by atoms with E-state index in [4.69, 9.17) is 20.3 Å². The van der Waals surface area contributed by atoms with Gasteiger partial charge in [-0.3, -0.25) is 4.79 Å². The van der Waals surface area contributed by atoms with Gasteiger partial charge in [0.1, 0.15) is 0 Å². The normalized spacial score (nSPS) is 11.9. The minimum atomic E-state index is -0.824. The van der Waals surface area contributed by atoms with Gasteiger partial charge in [0.25, 0.3) is 0 Å². The fourth-order valence-corrected chi connectivity index (χ4v) is 1.81. The number of carbonyl (C=O) groups is 1. The lowest BCUT2D eigenvalue weighted by atomic mass is 9.96. The molecule has 0 bridgehead atoms. The lowest BCUT2D eigenvalue weighted by Gasteiger charge is -2.13. The highest BCUT2D eigenvalue weighted by Crippen LogP contribution is 2.28. The van der Waals surface area contributed by atoms with Gasteiger partial charge in [0.05, 0.1) is 20.1 Å². The molecule has 1 aromatic carbocycles. The molecule has 0 heterocycles. The van der Waals surface area contributed by atoms with Gasteiger partial charge >= 0.3 is 5.97 Å². The summed E-state index contributed by atoms with van der Waals surface area (Å²) in [6, 6.07) is 5.41. The van der Waals surface area contributed by atoms with E-state index in [1.54, 1.807) is 26.4 Å². The Morgan fingerprint density at radius 2 is 2.00 bits per heavy atom.